The zero-order chi connectivity index (χ0) is 34.9. The van der Waals surface area contributed by atoms with Gasteiger partial charge in [-0.15, -0.1) is 11.3 Å². The van der Waals surface area contributed by atoms with Crippen LogP contribution in [0.5, 0.6) is 0 Å². The van der Waals surface area contributed by atoms with Gasteiger partial charge in [-0.05, 0) is 80.5 Å². The summed E-state index contributed by atoms with van der Waals surface area (Å²) in [5, 5.41) is 10.0. The number of anilines is 3. The van der Waals surface area contributed by atoms with Crippen molar-refractivity contribution in [2.75, 3.05) is 4.90 Å². The molecule has 0 saturated heterocycles. The van der Waals surface area contributed by atoms with Crippen LogP contribution in [0.3, 0.4) is 0 Å². The highest BCUT2D eigenvalue weighted by molar-refractivity contribution is 7.27. The molecule has 9 aromatic carbocycles. The molecule has 0 atom stereocenters. The lowest BCUT2D eigenvalue weighted by Crippen LogP contribution is -2.11. The molecule has 0 aliphatic heterocycles. The van der Waals surface area contributed by atoms with Crippen molar-refractivity contribution in [3.63, 3.8) is 0 Å². The highest BCUT2D eigenvalue weighted by Crippen LogP contribution is 2.50. The predicted molar refractivity (Wildman–Crippen MR) is 229 cm³/mol. The van der Waals surface area contributed by atoms with Gasteiger partial charge in [-0.25, -0.2) is 0 Å². The summed E-state index contributed by atoms with van der Waals surface area (Å²) in [5.74, 6) is 0. The molecule has 248 valence electrons. The van der Waals surface area contributed by atoms with Crippen LogP contribution in [0.4, 0.5) is 17.1 Å². The molecular formula is C50H32N2S. The van der Waals surface area contributed by atoms with Gasteiger partial charge in [-0.3, -0.25) is 0 Å². The first-order chi connectivity index (χ1) is 26.3. The van der Waals surface area contributed by atoms with E-state index in [0.29, 0.717) is 0 Å². The molecule has 2 heterocycles. The second-order valence-electron chi connectivity index (χ2n) is 13.7. The van der Waals surface area contributed by atoms with Gasteiger partial charge in [0.1, 0.15) is 0 Å². The quantitative estimate of drug-likeness (QED) is 0.163. The minimum absolute atomic E-state index is 1.12. The molecule has 0 spiro atoms. The van der Waals surface area contributed by atoms with Crippen molar-refractivity contribution in [2.45, 2.75) is 0 Å². The van der Waals surface area contributed by atoms with E-state index in [4.69, 9.17) is 0 Å². The fourth-order valence-corrected chi connectivity index (χ4v) is 9.72. The lowest BCUT2D eigenvalue weighted by molar-refractivity contribution is 1.19. The van der Waals surface area contributed by atoms with Crippen LogP contribution in [0.25, 0.3) is 80.3 Å². The Bertz CT molecular complexity index is 3160. The molecule has 0 saturated carbocycles. The van der Waals surface area contributed by atoms with Gasteiger partial charge in [-0.1, -0.05) is 152 Å². The third-order valence-electron chi connectivity index (χ3n) is 10.8. The molecule has 11 aromatic rings. The summed E-state index contributed by atoms with van der Waals surface area (Å²) in [6.07, 6.45) is 0. The lowest BCUT2D eigenvalue weighted by Gasteiger charge is -2.28. The summed E-state index contributed by atoms with van der Waals surface area (Å²) in [7, 11) is 0. The van der Waals surface area contributed by atoms with Crippen LogP contribution in [-0.4, -0.2) is 4.57 Å². The Kier molecular flexibility index (Phi) is 6.76. The van der Waals surface area contributed by atoms with E-state index in [1.165, 1.54) is 91.7 Å². The average Bonchev–Trinajstić information content (AvgIpc) is 3.77. The summed E-state index contributed by atoms with van der Waals surface area (Å²) in [6, 6.07) is 70.8. The number of fused-ring (bicyclic) bond motifs is 9. The molecule has 0 fully saturated rings. The fraction of sp³-hybridized carbons (Fsp3) is 0. The molecule has 0 amide bonds. The van der Waals surface area contributed by atoms with Crippen LogP contribution < -0.4 is 4.90 Å². The Balaban J connectivity index is 1.20. The first-order valence-corrected chi connectivity index (χ1v) is 18.9. The molecule has 0 unspecified atom stereocenters. The van der Waals surface area contributed by atoms with Gasteiger partial charge in [-0.2, -0.15) is 0 Å². The van der Waals surface area contributed by atoms with Crippen molar-refractivity contribution in [1.82, 2.24) is 4.57 Å². The van der Waals surface area contributed by atoms with Crippen molar-refractivity contribution >= 4 is 91.9 Å². The molecule has 2 aromatic heterocycles. The van der Waals surface area contributed by atoms with E-state index < -0.39 is 0 Å². The van der Waals surface area contributed by atoms with E-state index in [-0.39, 0.29) is 0 Å². The van der Waals surface area contributed by atoms with Gasteiger partial charge in [0.15, 0.2) is 0 Å². The van der Waals surface area contributed by atoms with E-state index >= 15 is 0 Å². The van der Waals surface area contributed by atoms with E-state index in [2.05, 4.69) is 204 Å². The number of thiophene rings is 1. The third-order valence-corrected chi connectivity index (χ3v) is 12.0. The predicted octanol–water partition coefficient (Wildman–Crippen LogP) is 14.6. The highest BCUT2D eigenvalue weighted by Gasteiger charge is 2.24. The van der Waals surface area contributed by atoms with Crippen molar-refractivity contribution in [1.29, 1.82) is 0 Å². The highest BCUT2D eigenvalue weighted by atomic mass is 32.1. The van der Waals surface area contributed by atoms with E-state index in [9.17, 15) is 0 Å². The molecular weight excluding hydrogens is 661 g/mol. The topological polar surface area (TPSA) is 8.17 Å². The average molecular weight is 693 g/mol. The monoisotopic (exact) mass is 692 g/mol. The van der Waals surface area contributed by atoms with Crippen molar-refractivity contribution < 1.29 is 0 Å². The van der Waals surface area contributed by atoms with E-state index in [1.807, 2.05) is 11.3 Å². The zero-order valence-corrected chi connectivity index (χ0v) is 29.6. The van der Waals surface area contributed by atoms with Crippen LogP contribution in [0.1, 0.15) is 0 Å². The van der Waals surface area contributed by atoms with E-state index in [1.54, 1.807) is 0 Å². The molecule has 0 aliphatic carbocycles. The number of hydrogen-bond donors (Lipinski definition) is 0. The minimum Gasteiger partial charge on any atom is -0.308 e. The molecule has 0 bridgehead atoms. The second-order valence-corrected chi connectivity index (χ2v) is 14.7. The summed E-state index contributed by atoms with van der Waals surface area (Å²) in [5.41, 5.74) is 9.57. The standard InChI is InChI=1S/C50H32N2S/c1-2-17-36(18-3-1)52-45-26-11-10-23-43(45)50-48(52)44-25-13-27-46(49(44)53-50)51(47-32-35-15-5-7-20-40(35)41-21-8-9-22-42(41)47)37-30-28-34(29-31-37)39-24-12-16-33-14-4-6-19-38(33)39/h1-32H. The van der Waals surface area contributed by atoms with E-state index in [0.717, 1.165) is 5.69 Å². The van der Waals surface area contributed by atoms with Crippen LogP contribution in [0.15, 0.2) is 194 Å². The number of aromatic nitrogens is 1. The third kappa shape index (κ3) is 4.64. The number of hydrogen-bond acceptors (Lipinski definition) is 2. The molecule has 11 rings (SSSR count). The number of para-hydroxylation sites is 2. The molecule has 0 N–H and O–H groups in total. The van der Waals surface area contributed by atoms with Gasteiger partial charge < -0.3 is 9.47 Å². The molecule has 0 radical (unpaired) electrons. The summed E-state index contributed by atoms with van der Waals surface area (Å²) in [4.78, 5) is 2.49. The maximum Gasteiger partial charge on any atom is 0.0728 e. The minimum atomic E-state index is 1.12. The van der Waals surface area contributed by atoms with Crippen LogP contribution in [0.2, 0.25) is 0 Å². The number of nitrogens with zero attached hydrogens (tertiary/aromatic N) is 2. The van der Waals surface area contributed by atoms with Crippen molar-refractivity contribution in [2.24, 2.45) is 0 Å². The summed E-state index contributed by atoms with van der Waals surface area (Å²) in [6.45, 7) is 0. The van der Waals surface area contributed by atoms with Gasteiger partial charge >= 0.3 is 0 Å². The number of benzene rings is 9. The van der Waals surface area contributed by atoms with Crippen molar-refractivity contribution in [3.05, 3.63) is 194 Å². The molecule has 0 aliphatic rings. The number of rotatable bonds is 5. The largest absolute Gasteiger partial charge is 0.308 e. The maximum absolute atomic E-state index is 2.49. The first kappa shape index (κ1) is 30.0. The van der Waals surface area contributed by atoms with Crippen LogP contribution >= 0.6 is 11.3 Å². The van der Waals surface area contributed by atoms with Crippen molar-refractivity contribution in [3.8, 4) is 16.8 Å². The van der Waals surface area contributed by atoms with Crippen LogP contribution in [-0.2, 0) is 0 Å². The zero-order valence-electron chi connectivity index (χ0n) is 28.8. The first-order valence-electron chi connectivity index (χ1n) is 18.1. The molecule has 53 heavy (non-hydrogen) atoms. The lowest BCUT2D eigenvalue weighted by atomic mass is 9.97. The Morgan fingerprint density at radius 1 is 0.396 bits per heavy atom. The summed E-state index contributed by atoms with van der Waals surface area (Å²) >= 11 is 1.90. The second kappa shape index (κ2) is 11.9. The summed E-state index contributed by atoms with van der Waals surface area (Å²) < 4.78 is 5.02. The normalized spacial score (nSPS) is 11.8. The maximum atomic E-state index is 2.49. The Labute approximate surface area is 311 Å². The van der Waals surface area contributed by atoms with Gasteiger partial charge in [0.25, 0.3) is 0 Å². The van der Waals surface area contributed by atoms with Crippen LogP contribution in [0, 0.1) is 0 Å². The van der Waals surface area contributed by atoms with Gasteiger partial charge in [0.2, 0.25) is 0 Å². The SMILES string of the molecule is c1ccc(-n2c3ccccc3c3sc4c(N(c5ccc(-c6cccc7ccccc67)cc5)c5cc6ccccc6c6ccccc56)cccc4c32)cc1. The molecule has 2 nitrogen and oxygen atoms in total. The van der Waals surface area contributed by atoms with Gasteiger partial charge in [0, 0.05) is 27.5 Å². The Morgan fingerprint density at radius 2 is 1.02 bits per heavy atom. The Hall–Kier alpha value is -6.68. The fourth-order valence-electron chi connectivity index (χ4n) is 8.39. The smallest absolute Gasteiger partial charge is 0.0728 e. The van der Waals surface area contributed by atoms with Gasteiger partial charge in [0.05, 0.1) is 31.8 Å². The molecule has 3 heteroatoms. The Morgan fingerprint density at radius 3 is 1.85 bits per heavy atom.